The van der Waals surface area contributed by atoms with Crippen molar-refractivity contribution in [2.45, 2.75) is 6.92 Å². The van der Waals surface area contributed by atoms with Crippen molar-refractivity contribution >= 4 is 67.8 Å². The molecule has 4 aliphatic rings. The van der Waals surface area contributed by atoms with E-state index in [0.717, 1.165) is 95.3 Å². The minimum Gasteiger partial charge on any atom is -0.496 e. The van der Waals surface area contributed by atoms with Crippen LogP contribution in [0.3, 0.4) is 0 Å². The number of hydrogen-bond acceptors (Lipinski definition) is 6. The fourth-order valence-corrected chi connectivity index (χ4v) is 7.50. The van der Waals surface area contributed by atoms with Gasteiger partial charge in [-0.3, -0.25) is 19.4 Å². The summed E-state index contributed by atoms with van der Waals surface area (Å²) >= 11 is 0. The van der Waals surface area contributed by atoms with E-state index in [0.29, 0.717) is 0 Å². The molecule has 0 unspecified atom stereocenters. The van der Waals surface area contributed by atoms with Gasteiger partial charge in [0.1, 0.15) is 23.2 Å². The average molecular weight is 693 g/mol. The van der Waals surface area contributed by atoms with Gasteiger partial charge < -0.3 is 9.47 Å². The Labute approximate surface area is 305 Å². The summed E-state index contributed by atoms with van der Waals surface area (Å²) < 4.78 is 10.2. The molecule has 11 rings (SSSR count). The number of fused-ring (bicyclic) bond motifs is 8. The van der Waals surface area contributed by atoms with Crippen LogP contribution >= 0.6 is 0 Å². The fraction of sp³-hybridized carbons (Fsp3) is 0.0667. The van der Waals surface area contributed by atoms with E-state index in [2.05, 4.69) is 24.3 Å². The summed E-state index contributed by atoms with van der Waals surface area (Å²) in [5, 5.41) is 4.31. The molecular formula is C45H32N4O4. The van der Waals surface area contributed by atoms with Crippen LogP contribution in [0.15, 0.2) is 150 Å². The van der Waals surface area contributed by atoms with Crippen molar-refractivity contribution in [1.82, 2.24) is 0 Å². The number of rotatable bonds is 2. The molecule has 53 heavy (non-hydrogen) atoms. The second-order valence-electron chi connectivity index (χ2n) is 12.8. The molecule has 0 bridgehead atoms. The summed E-state index contributed by atoms with van der Waals surface area (Å²) in [6, 6.07) is 45.2. The highest BCUT2D eigenvalue weighted by molar-refractivity contribution is 6.41. The summed E-state index contributed by atoms with van der Waals surface area (Å²) in [7, 11) is 3.31. The van der Waals surface area contributed by atoms with Crippen LogP contribution in [0, 0.1) is 6.92 Å². The molecule has 0 aromatic heterocycles. The van der Waals surface area contributed by atoms with E-state index in [9.17, 15) is 9.59 Å². The number of nitrogens with zero attached hydrogens (tertiary/aromatic N) is 4. The lowest BCUT2D eigenvalue weighted by molar-refractivity contribution is 0.0999. The quantitative estimate of drug-likeness (QED) is 0.181. The Bertz CT molecular complexity index is 2540. The van der Waals surface area contributed by atoms with Gasteiger partial charge >= 0.3 is 0 Å². The summed E-state index contributed by atoms with van der Waals surface area (Å²) in [5.41, 5.74) is 8.02. The molecular weight excluding hydrogens is 661 g/mol. The van der Waals surface area contributed by atoms with Gasteiger partial charge in [-0.2, -0.15) is 0 Å². The number of amidine groups is 2. The molecule has 7 aromatic carbocycles. The molecule has 4 aliphatic heterocycles. The van der Waals surface area contributed by atoms with Crippen molar-refractivity contribution in [3.8, 4) is 11.5 Å². The summed E-state index contributed by atoms with van der Waals surface area (Å²) in [5.74, 6) is 3.22. The molecule has 0 aliphatic carbocycles. The monoisotopic (exact) mass is 692 g/mol. The number of ether oxygens (including phenoxy) is 2. The van der Waals surface area contributed by atoms with Crippen LogP contribution in [0.25, 0.3) is 21.5 Å². The van der Waals surface area contributed by atoms with Crippen molar-refractivity contribution in [3.63, 3.8) is 0 Å². The Kier molecular flexibility index (Phi) is 7.59. The van der Waals surface area contributed by atoms with Crippen LogP contribution < -0.4 is 19.3 Å². The zero-order valence-electron chi connectivity index (χ0n) is 29.2. The predicted molar refractivity (Wildman–Crippen MR) is 211 cm³/mol. The number of anilines is 2. The topological polar surface area (TPSA) is 83.8 Å². The molecule has 0 radical (unpaired) electrons. The van der Waals surface area contributed by atoms with Crippen molar-refractivity contribution in [3.05, 3.63) is 167 Å². The first-order valence-corrected chi connectivity index (χ1v) is 17.2. The first-order valence-electron chi connectivity index (χ1n) is 17.2. The molecule has 256 valence electrons. The van der Waals surface area contributed by atoms with Crippen LogP contribution in [0.2, 0.25) is 0 Å². The van der Waals surface area contributed by atoms with E-state index in [1.54, 1.807) is 24.0 Å². The highest BCUT2D eigenvalue weighted by atomic mass is 16.5. The smallest absolute Gasteiger partial charge is 0.264 e. The summed E-state index contributed by atoms with van der Waals surface area (Å²) in [4.78, 5) is 38.4. The van der Waals surface area contributed by atoms with Gasteiger partial charge in [0.15, 0.2) is 0 Å². The van der Waals surface area contributed by atoms with E-state index in [4.69, 9.17) is 19.5 Å². The number of benzene rings is 7. The number of hydrogen-bond donors (Lipinski definition) is 0. The van der Waals surface area contributed by atoms with Gasteiger partial charge in [-0.1, -0.05) is 91.0 Å². The van der Waals surface area contributed by atoms with Crippen LogP contribution in [-0.4, -0.2) is 37.7 Å². The summed E-state index contributed by atoms with van der Waals surface area (Å²) in [6.45, 7) is 1.97. The van der Waals surface area contributed by atoms with E-state index < -0.39 is 0 Å². The zero-order valence-corrected chi connectivity index (χ0v) is 29.2. The molecule has 0 saturated carbocycles. The third-order valence-corrected chi connectivity index (χ3v) is 9.96. The van der Waals surface area contributed by atoms with Gasteiger partial charge in [-0.05, 0) is 66.2 Å². The van der Waals surface area contributed by atoms with Gasteiger partial charge in [-0.25, -0.2) is 9.98 Å². The van der Waals surface area contributed by atoms with Gasteiger partial charge in [0.25, 0.3) is 11.8 Å². The van der Waals surface area contributed by atoms with Gasteiger partial charge in [0.2, 0.25) is 0 Å². The Morgan fingerprint density at radius 3 is 1.25 bits per heavy atom. The average Bonchev–Trinajstić information content (AvgIpc) is 3.66. The number of methoxy groups -OCH3 is 2. The Hall–Kier alpha value is -7.06. The normalized spacial score (nSPS) is 13.8. The van der Waals surface area contributed by atoms with E-state index in [-0.39, 0.29) is 11.8 Å². The maximum absolute atomic E-state index is 12.7. The first-order chi connectivity index (χ1) is 26.0. The van der Waals surface area contributed by atoms with Crippen LogP contribution in [0.5, 0.6) is 11.5 Å². The highest BCUT2D eigenvalue weighted by Gasteiger charge is 2.39. The molecule has 0 fully saturated rings. The number of amides is 2. The fourth-order valence-electron chi connectivity index (χ4n) is 7.50. The maximum Gasteiger partial charge on any atom is 0.264 e. The predicted octanol–water partition coefficient (Wildman–Crippen LogP) is 9.80. The maximum atomic E-state index is 12.7. The lowest BCUT2D eigenvalue weighted by Crippen LogP contribution is -2.31. The molecule has 8 nitrogen and oxygen atoms in total. The third-order valence-electron chi connectivity index (χ3n) is 9.96. The minimum absolute atomic E-state index is 0.00588. The van der Waals surface area contributed by atoms with Crippen LogP contribution in [-0.2, 0) is 0 Å². The minimum atomic E-state index is 0.00588. The molecule has 0 atom stereocenters. The molecule has 0 spiro atoms. The zero-order chi connectivity index (χ0) is 36.2. The molecule has 0 N–H and O–H groups in total. The lowest BCUT2D eigenvalue weighted by atomic mass is 10.0. The number of carbonyl (C=O) groups excluding carboxylic acids is 2. The van der Waals surface area contributed by atoms with Crippen LogP contribution in [0.1, 0.15) is 37.4 Å². The second-order valence-corrected chi connectivity index (χ2v) is 12.8. The summed E-state index contributed by atoms with van der Waals surface area (Å²) in [6.07, 6.45) is 0. The Morgan fingerprint density at radius 2 is 0.830 bits per heavy atom. The molecule has 7 aromatic rings. The molecule has 4 heterocycles. The third kappa shape index (κ3) is 4.98. The van der Waals surface area contributed by atoms with Gasteiger partial charge in [-0.15, -0.1) is 0 Å². The van der Waals surface area contributed by atoms with E-state index >= 15 is 0 Å². The van der Waals surface area contributed by atoms with Crippen molar-refractivity contribution < 1.29 is 19.1 Å². The SMILES string of the molecule is COc1cccc(OC)c1C.O=C1c2ccccc2C2=Nc3cccc4cccc(c34)N12.O=C1c2ccccc2C2=Nc3cccc4cccc(c34)N12. The van der Waals surface area contributed by atoms with Gasteiger partial charge in [0.05, 0.1) is 48.1 Å². The largest absolute Gasteiger partial charge is 0.496 e. The number of carbonyl (C=O) groups is 2. The molecule has 2 amide bonds. The lowest BCUT2D eigenvalue weighted by Gasteiger charge is -2.24. The van der Waals surface area contributed by atoms with Crippen molar-refractivity contribution in [2.24, 2.45) is 9.98 Å². The van der Waals surface area contributed by atoms with Crippen molar-refractivity contribution in [2.75, 3.05) is 24.0 Å². The van der Waals surface area contributed by atoms with Crippen LogP contribution in [0.4, 0.5) is 22.7 Å². The first kappa shape index (κ1) is 31.9. The Balaban J connectivity index is 0.000000111. The van der Waals surface area contributed by atoms with Crippen molar-refractivity contribution in [1.29, 1.82) is 0 Å². The van der Waals surface area contributed by atoms with E-state index in [1.807, 2.05) is 122 Å². The molecule has 0 saturated heterocycles. The Morgan fingerprint density at radius 1 is 0.453 bits per heavy atom. The molecule has 8 heteroatoms. The van der Waals surface area contributed by atoms with Gasteiger partial charge in [0, 0.05) is 27.5 Å². The highest BCUT2D eigenvalue weighted by Crippen LogP contribution is 2.44. The number of aliphatic imine (C=N–C) groups is 2. The second kappa shape index (κ2) is 12.6. The van der Waals surface area contributed by atoms with E-state index in [1.165, 1.54) is 0 Å². The standard InChI is InChI=1S/2C18H10N2O.C9H12O2/c2*21-18-13-8-2-1-7-12(13)17-19-14-9-3-5-11-6-4-10-15(16(11)14)20(17)18;1-7-8(10-2)5-4-6-9(7)11-3/h2*1-10H;4-6H,1-3H3.